The van der Waals surface area contributed by atoms with Crippen LogP contribution in [0.15, 0.2) is 30.6 Å². The minimum Gasteiger partial charge on any atom is -0.475 e. The molecule has 3 aromatic rings. The van der Waals surface area contributed by atoms with Crippen LogP contribution in [0, 0.1) is 6.92 Å². The Balaban J connectivity index is 0.000000532. The summed E-state index contributed by atoms with van der Waals surface area (Å²) in [4.78, 5) is 33.4. The zero-order valence-electron chi connectivity index (χ0n) is 20.0. The van der Waals surface area contributed by atoms with Crippen LogP contribution in [0.25, 0.3) is 21.8 Å². The van der Waals surface area contributed by atoms with Crippen molar-refractivity contribution in [3.05, 3.63) is 46.7 Å². The number of amides is 1. The molecule has 0 spiro atoms. The number of nitrogens with zero attached hydrogens (tertiary/aromatic N) is 3. The zero-order chi connectivity index (χ0) is 29.2. The van der Waals surface area contributed by atoms with Crippen molar-refractivity contribution in [2.75, 3.05) is 12.3 Å². The van der Waals surface area contributed by atoms with E-state index in [4.69, 9.17) is 15.6 Å². The van der Waals surface area contributed by atoms with Crippen LogP contribution in [0.2, 0.25) is 0 Å². The Hall–Kier alpha value is -3.79. The fraction of sp³-hybridized carbons (Fsp3) is 0.348. The molecule has 16 heteroatoms. The topological polar surface area (TPSA) is 151 Å². The smallest absolute Gasteiger partial charge is 0.475 e. The molecule has 1 amide bonds. The number of rotatable bonds is 7. The molecule has 9 nitrogen and oxygen atoms in total. The summed E-state index contributed by atoms with van der Waals surface area (Å²) >= 11 is 1.48. The van der Waals surface area contributed by atoms with Crippen molar-refractivity contribution < 1.29 is 46.1 Å². The molecule has 1 aliphatic rings. The van der Waals surface area contributed by atoms with E-state index in [1.807, 2.05) is 5.32 Å². The van der Waals surface area contributed by atoms with Crippen molar-refractivity contribution >= 4 is 29.5 Å². The number of carbonyl (C=O) groups is 2. The Labute approximate surface area is 220 Å². The maximum atomic E-state index is 13.7. The van der Waals surface area contributed by atoms with Crippen LogP contribution < -0.4 is 11.1 Å². The highest BCUT2D eigenvalue weighted by atomic mass is 32.1. The van der Waals surface area contributed by atoms with Gasteiger partial charge in [-0.25, -0.2) is 19.7 Å². The minimum absolute atomic E-state index is 0.106. The molecular formula is C23H21F6N5O4S. The third-order valence-corrected chi connectivity index (χ3v) is 6.79. The van der Waals surface area contributed by atoms with Gasteiger partial charge in [-0.1, -0.05) is 12.1 Å². The number of aryl methyl sites for hydroxylation is 1. The van der Waals surface area contributed by atoms with Gasteiger partial charge in [0, 0.05) is 17.7 Å². The SMILES string of the molecule is Cc1ccc(C(O)(CNC=O)C(F)(F)F)cc1-c1cnc(N)c(-c2cnc(C3CC3)s2)n1.O=C(O)C(F)(F)F. The predicted molar refractivity (Wildman–Crippen MR) is 127 cm³/mol. The van der Waals surface area contributed by atoms with E-state index < -0.39 is 36.0 Å². The van der Waals surface area contributed by atoms with Crippen LogP contribution in [0.1, 0.15) is 34.9 Å². The summed E-state index contributed by atoms with van der Waals surface area (Å²) in [6.07, 6.45) is -4.74. The first-order valence-corrected chi connectivity index (χ1v) is 11.9. The van der Waals surface area contributed by atoms with Gasteiger partial charge in [-0.15, -0.1) is 11.3 Å². The summed E-state index contributed by atoms with van der Waals surface area (Å²) in [5, 5.41) is 20.5. The zero-order valence-corrected chi connectivity index (χ0v) is 20.8. The van der Waals surface area contributed by atoms with Gasteiger partial charge >= 0.3 is 18.3 Å². The number of nitrogens with two attached hydrogens (primary N) is 1. The van der Waals surface area contributed by atoms with Gasteiger partial charge in [0.05, 0.1) is 28.3 Å². The molecule has 1 fully saturated rings. The number of carboxylic acids is 1. The molecule has 2 aromatic heterocycles. The van der Waals surface area contributed by atoms with E-state index in [-0.39, 0.29) is 12.2 Å². The van der Waals surface area contributed by atoms with Gasteiger partial charge in [-0.05, 0) is 37.0 Å². The quantitative estimate of drug-likeness (QED) is 0.241. The Morgan fingerprint density at radius 3 is 2.36 bits per heavy atom. The number of halogens is 6. The lowest BCUT2D eigenvalue weighted by atomic mass is 9.89. The van der Waals surface area contributed by atoms with Gasteiger partial charge in [0.1, 0.15) is 5.69 Å². The molecule has 0 radical (unpaired) electrons. The van der Waals surface area contributed by atoms with Gasteiger partial charge in [-0.2, -0.15) is 26.3 Å². The number of thiazole rings is 1. The third kappa shape index (κ3) is 6.81. The standard InChI is InChI=1S/C21H20F3N5O2S.C2HF3O2/c1-11-2-5-13(20(31,9-26-10-30)21(22,23)24)6-14(11)15-7-27-18(25)17(29-15)16-8-28-19(32-16)12-3-4-12;3-2(4,5)1(6)7/h2,5-8,10,12,31H,3-4,9H2,1H3,(H2,25,27)(H,26,30);(H,6,7). The van der Waals surface area contributed by atoms with Crippen LogP contribution in [0.3, 0.4) is 0 Å². The number of anilines is 1. The van der Waals surface area contributed by atoms with E-state index in [1.54, 1.807) is 13.1 Å². The van der Waals surface area contributed by atoms with Gasteiger partial charge < -0.3 is 21.3 Å². The van der Waals surface area contributed by atoms with Crippen LogP contribution in [0.5, 0.6) is 0 Å². The summed E-state index contributed by atoms with van der Waals surface area (Å²) in [5.41, 5.74) is 4.04. The molecule has 0 bridgehead atoms. The molecule has 0 aliphatic heterocycles. The number of alkyl halides is 6. The average Bonchev–Trinajstić information content (AvgIpc) is 3.59. The Kier molecular flexibility index (Phi) is 8.50. The maximum absolute atomic E-state index is 13.7. The number of benzene rings is 1. The van der Waals surface area contributed by atoms with E-state index >= 15 is 0 Å². The predicted octanol–water partition coefficient (Wildman–Crippen LogP) is 4.16. The number of aliphatic carboxylic acids is 1. The normalized spacial score (nSPS) is 15.1. The average molecular weight is 578 g/mol. The molecule has 0 saturated heterocycles. The van der Waals surface area contributed by atoms with Crippen molar-refractivity contribution in [3.8, 4) is 21.8 Å². The molecule has 2 heterocycles. The van der Waals surface area contributed by atoms with Gasteiger partial charge in [-0.3, -0.25) is 4.79 Å². The number of nitrogen functional groups attached to an aromatic ring is 1. The summed E-state index contributed by atoms with van der Waals surface area (Å²) in [6, 6.07) is 3.84. The minimum atomic E-state index is -5.08. The highest BCUT2D eigenvalue weighted by Gasteiger charge is 2.55. The molecule has 1 atom stereocenters. The number of nitrogens with one attached hydrogen (secondary N) is 1. The Morgan fingerprint density at radius 2 is 1.82 bits per heavy atom. The second kappa shape index (κ2) is 11.1. The third-order valence-electron chi connectivity index (χ3n) is 5.63. The van der Waals surface area contributed by atoms with Crippen molar-refractivity contribution in [1.82, 2.24) is 20.3 Å². The Bertz CT molecular complexity index is 1360. The number of hydrogen-bond donors (Lipinski definition) is 4. The molecule has 1 saturated carbocycles. The number of aromatic nitrogens is 3. The lowest BCUT2D eigenvalue weighted by Gasteiger charge is -2.31. The number of carbonyl (C=O) groups excluding carboxylic acids is 1. The van der Waals surface area contributed by atoms with Crippen LogP contribution >= 0.6 is 11.3 Å². The van der Waals surface area contributed by atoms with Crippen molar-refractivity contribution in [1.29, 1.82) is 0 Å². The van der Waals surface area contributed by atoms with Gasteiger partial charge in [0.15, 0.2) is 5.82 Å². The summed E-state index contributed by atoms with van der Waals surface area (Å²) in [5.74, 6) is -2.10. The molecule has 5 N–H and O–H groups in total. The number of aliphatic hydroxyl groups is 1. The summed E-state index contributed by atoms with van der Waals surface area (Å²) in [7, 11) is 0. The maximum Gasteiger partial charge on any atom is 0.490 e. The van der Waals surface area contributed by atoms with Crippen molar-refractivity contribution in [2.24, 2.45) is 0 Å². The van der Waals surface area contributed by atoms with Gasteiger partial charge in [0.2, 0.25) is 12.0 Å². The van der Waals surface area contributed by atoms with Crippen LogP contribution in [0.4, 0.5) is 32.2 Å². The first-order chi connectivity index (χ1) is 18.1. The van der Waals surface area contributed by atoms with Crippen molar-refractivity contribution in [3.63, 3.8) is 0 Å². The second-order valence-corrected chi connectivity index (χ2v) is 9.58. The molecule has 1 aliphatic carbocycles. The second-order valence-electron chi connectivity index (χ2n) is 8.52. The van der Waals surface area contributed by atoms with E-state index in [9.17, 15) is 36.2 Å². The highest BCUT2D eigenvalue weighted by Crippen LogP contribution is 2.44. The molecule has 210 valence electrons. The lowest BCUT2D eigenvalue weighted by molar-refractivity contribution is -0.263. The fourth-order valence-corrected chi connectivity index (χ4v) is 4.42. The number of carboxylic acid groups (broad SMARTS) is 1. The summed E-state index contributed by atoms with van der Waals surface area (Å²) in [6.45, 7) is 0.691. The summed E-state index contributed by atoms with van der Waals surface area (Å²) < 4.78 is 72.8. The van der Waals surface area contributed by atoms with E-state index in [1.165, 1.54) is 35.7 Å². The molecular weight excluding hydrogens is 556 g/mol. The first kappa shape index (κ1) is 29.8. The largest absolute Gasteiger partial charge is 0.490 e. The Morgan fingerprint density at radius 1 is 1.18 bits per heavy atom. The van der Waals surface area contributed by atoms with Gasteiger partial charge in [0.25, 0.3) is 0 Å². The fourth-order valence-electron chi connectivity index (χ4n) is 3.34. The number of hydrogen-bond acceptors (Lipinski definition) is 8. The highest BCUT2D eigenvalue weighted by molar-refractivity contribution is 7.15. The van der Waals surface area contributed by atoms with Crippen LogP contribution in [-0.2, 0) is 15.2 Å². The first-order valence-electron chi connectivity index (χ1n) is 11.0. The van der Waals surface area contributed by atoms with E-state index in [0.29, 0.717) is 28.4 Å². The van der Waals surface area contributed by atoms with E-state index in [0.717, 1.165) is 22.7 Å². The molecule has 39 heavy (non-hydrogen) atoms. The monoisotopic (exact) mass is 577 g/mol. The molecule has 1 unspecified atom stereocenters. The van der Waals surface area contributed by atoms with E-state index in [2.05, 4.69) is 15.0 Å². The molecule has 4 rings (SSSR count). The van der Waals surface area contributed by atoms with Crippen LogP contribution in [-0.4, -0.2) is 56.4 Å². The lowest BCUT2D eigenvalue weighted by Crippen LogP contribution is -2.49. The molecule has 1 aromatic carbocycles. The van der Waals surface area contributed by atoms with Crippen molar-refractivity contribution in [2.45, 2.75) is 43.6 Å².